The number of piperazine rings is 1. The highest BCUT2D eigenvalue weighted by Crippen LogP contribution is 2.31. The van der Waals surface area contributed by atoms with Gasteiger partial charge in [0.05, 0.1) is 24.0 Å². The van der Waals surface area contributed by atoms with Crippen LogP contribution in [0.25, 0.3) is 11.4 Å². The van der Waals surface area contributed by atoms with Crippen molar-refractivity contribution in [2.75, 3.05) is 45.7 Å². The van der Waals surface area contributed by atoms with Crippen molar-refractivity contribution in [1.82, 2.24) is 29.5 Å². The summed E-state index contributed by atoms with van der Waals surface area (Å²) >= 11 is 12.1. The van der Waals surface area contributed by atoms with E-state index in [-0.39, 0.29) is 6.04 Å². The summed E-state index contributed by atoms with van der Waals surface area (Å²) in [6.07, 6.45) is 3.49. The lowest BCUT2D eigenvalue weighted by Crippen LogP contribution is -2.46. The van der Waals surface area contributed by atoms with Gasteiger partial charge in [-0.25, -0.2) is 9.97 Å². The van der Waals surface area contributed by atoms with Crippen LogP contribution in [0.1, 0.15) is 25.5 Å². The average Bonchev–Trinajstić information content (AvgIpc) is 3.31. The standard InChI is InChI=1S/C23H28ClN7OS/c1-15(2)31-8-7-19(28-31)21-17(24)14-25-23(27-21)26-18-6-5-16(13-20(18)32-4)22(33)30-11-9-29(3)10-12-30/h5-8,13-15H,9-12H2,1-4H3,(H,25,26,27). The van der Waals surface area contributed by atoms with E-state index in [2.05, 4.69) is 51.1 Å². The highest BCUT2D eigenvalue weighted by atomic mass is 35.5. The van der Waals surface area contributed by atoms with E-state index < -0.39 is 0 Å². The van der Waals surface area contributed by atoms with Crippen molar-refractivity contribution in [3.63, 3.8) is 0 Å². The van der Waals surface area contributed by atoms with Gasteiger partial charge in [0.15, 0.2) is 0 Å². The number of benzene rings is 1. The van der Waals surface area contributed by atoms with E-state index in [9.17, 15) is 0 Å². The normalized spacial score (nSPS) is 14.5. The van der Waals surface area contributed by atoms with Crippen molar-refractivity contribution in [3.05, 3.63) is 47.2 Å². The Morgan fingerprint density at radius 1 is 1.18 bits per heavy atom. The molecular weight excluding hydrogens is 458 g/mol. The van der Waals surface area contributed by atoms with Gasteiger partial charge >= 0.3 is 0 Å². The van der Waals surface area contributed by atoms with Crippen molar-refractivity contribution in [2.24, 2.45) is 0 Å². The lowest BCUT2D eigenvalue weighted by atomic mass is 10.1. The van der Waals surface area contributed by atoms with Gasteiger partial charge in [0.1, 0.15) is 22.1 Å². The third-order valence-electron chi connectivity index (χ3n) is 5.61. The largest absolute Gasteiger partial charge is 0.495 e. The molecule has 0 spiro atoms. The summed E-state index contributed by atoms with van der Waals surface area (Å²) in [6, 6.07) is 8.02. The smallest absolute Gasteiger partial charge is 0.227 e. The van der Waals surface area contributed by atoms with E-state index in [4.69, 9.17) is 28.6 Å². The summed E-state index contributed by atoms with van der Waals surface area (Å²) in [6.45, 7) is 7.98. The maximum absolute atomic E-state index is 6.37. The molecule has 0 aliphatic carbocycles. The molecule has 1 fully saturated rings. The van der Waals surface area contributed by atoms with Crippen LogP contribution in [0.15, 0.2) is 36.7 Å². The predicted octanol–water partition coefficient (Wildman–Crippen LogP) is 4.25. The quantitative estimate of drug-likeness (QED) is 0.519. The molecule has 0 bridgehead atoms. The summed E-state index contributed by atoms with van der Waals surface area (Å²) in [5.41, 5.74) is 2.96. The van der Waals surface area contributed by atoms with Gasteiger partial charge in [-0.15, -0.1) is 0 Å². The molecule has 33 heavy (non-hydrogen) atoms. The fourth-order valence-corrected chi connectivity index (χ4v) is 4.10. The first-order valence-electron chi connectivity index (χ1n) is 10.9. The number of ether oxygens (including phenoxy) is 1. The molecule has 0 saturated carbocycles. The second kappa shape index (κ2) is 10.0. The summed E-state index contributed by atoms with van der Waals surface area (Å²) in [7, 11) is 3.76. The molecule has 174 valence electrons. The average molecular weight is 486 g/mol. The summed E-state index contributed by atoms with van der Waals surface area (Å²) < 4.78 is 7.50. The van der Waals surface area contributed by atoms with Crippen LogP contribution in [0.2, 0.25) is 5.02 Å². The van der Waals surface area contributed by atoms with Crippen LogP contribution in [-0.4, -0.2) is 74.9 Å². The molecule has 10 heteroatoms. The van der Waals surface area contributed by atoms with Crippen molar-refractivity contribution in [3.8, 4) is 17.1 Å². The number of nitrogens with zero attached hydrogens (tertiary/aromatic N) is 6. The number of rotatable bonds is 6. The highest BCUT2D eigenvalue weighted by Gasteiger charge is 2.19. The zero-order valence-electron chi connectivity index (χ0n) is 19.2. The van der Waals surface area contributed by atoms with E-state index in [1.54, 1.807) is 13.3 Å². The van der Waals surface area contributed by atoms with Crippen molar-refractivity contribution < 1.29 is 4.74 Å². The zero-order chi connectivity index (χ0) is 23.5. The molecule has 1 N–H and O–H groups in total. The Kier molecular flexibility index (Phi) is 7.11. The maximum Gasteiger partial charge on any atom is 0.227 e. The molecule has 0 atom stereocenters. The molecule has 0 amide bonds. The van der Waals surface area contributed by atoms with Crippen molar-refractivity contribution >= 4 is 40.4 Å². The van der Waals surface area contributed by atoms with Gasteiger partial charge in [0.2, 0.25) is 5.95 Å². The maximum atomic E-state index is 6.37. The Bertz CT molecular complexity index is 1140. The first-order chi connectivity index (χ1) is 15.9. The molecule has 0 radical (unpaired) electrons. The number of thiocarbonyl (C=S) groups is 1. The SMILES string of the molecule is COc1cc(C(=S)N2CCN(C)CC2)ccc1Nc1ncc(Cl)c(-c2ccn(C(C)C)n2)n1. The van der Waals surface area contributed by atoms with Gasteiger partial charge in [-0.2, -0.15) is 5.10 Å². The second-order valence-electron chi connectivity index (χ2n) is 8.30. The summed E-state index contributed by atoms with van der Waals surface area (Å²) in [5, 5.41) is 8.25. The monoisotopic (exact) mass is 485 g/mol. The first kappa shape index (κ1) is 23.4. The fraction of sp³-hybridized carbons (Fsp3) is 0.391. The Morgan fingerprint density at radius 3 is 2.61 bits per heavy atom. The van der Waals surface area contributed by atoms with Crippen LogP contribution in [-0.2, 0) is 0 Å². The fourth-order valence-electron chi connectivity index (χ4n) is 3.60. The summed E-state index contributed by atoms with van der Waals surface area (Å²) in [5.74, 6) is 1.06. The number of likely N-dealkylation sites (N-methyl/N-ethyl adjacent to an activating group) is 1. The van der Waals surface area contributed by atoms with Gasteiger partial charge < -0.3 is 19.9 Å². The van der Waals surface area contributed by atoms with E-state index in [0.717, 1.165) is 42.4 Å². The number of halogens is 1. The lowest BCUT2D eigenvalue weighted by molar-refractivity contribution is 0.218. The Labute approximate surface area is 204 Å². The van der Waals surface area contributed by atoms with Crippen molar-refractivity contribution in [2.45, 2.75) is 19.9 Å². The minimum atomic E-state index is 0.247. The lowest BCUT2D eigenvalue weighted by Gasteiger charge is -2.34. The number of nitrogens with one attached hydrogen (secondary N) is 1. The van der Waals surface area contributed by atoms with Crippen LogP contribution in [0.3, 0.4) is 0 Å². The van der Waals surface area contributed by atoms with E-state index >= 15 is 0 Å². The molecule has 2 aromatic heterocycles. The number of anilines is 2. The minimum Gasteiger partial charge on any atom is -0.495 e. The molecule has 1 saturated heterocycles. The Hall–Kier alpha value is -2.75. The molecule has 8 nitrogen and oxygen atoms in total. The molecule has 3 heterocycles. The Balaban J connectivity index is 1.55. The van der Waals surface area contributed by atoms with Gasteiger partial charge in [-0.3, -0.25) is 4.68 Å². The second-order valence-corrected chi connectivity index (χ2v) is 9.09. The molecule has 1 aliphatic rings. The first-order valence-corrected chi connectivity index (χ1v) is 11.6. The van der Waals surface area contributed by atoms with Crippen LogP contribution in [0.5, 0.6) is 5.75 Å². The number of aromatic nitrogens is 4. The topological polar surface area (TPSA) is 71.3 Å². The van der Waals surface area contributed by atoms with Gasteiger partial charge in [-0.1, -0.05) is 23.8 Å². The zero-order valence-corrected chi connectivity index (χ0v) is 20.8. The molecule has 1 aromatic carbocycles. The van der Waals surface area contributed by atoms with Crippen molar-refractivity contribution in [1.29, 1.82) is 0 Å². The highest BCUT2D eigenvalue weighted by molar-refractivity contribution is 7.80. The van der Waals surface area contributed by atoms with E-state index in [1.165, 1.54) is 0 Å². The van der Waals surface area contributed by atoms with E-state index in [1.807, 2.05) is 35.1 Å². The van der Waals surface area contributed by atoms with Gasteiger partial charge in [0.25, 0.3) is 0 Å². The van der Waals surface area contributed by atoms with Crippen LogP contribution >= 0.6 is 23.8 Å². The molecule has 1 aliphatic heterocycles. The third-order valence-corrected chi connectivity index (χ3v) is 6.38. The molecular formula is C23H28ClN7OS. The van der Waals surface area contributed by atoms with Crippen LogP contribution in [0, 0.1) is 0 Å². The van der Waals surface area contributed by atoms with Crippen LogP contribution in [0.4, 0.5) is 11.6 Å². The van der Waals surface area contributed by atoms with Gasteiger partial charge in [0, 0.05) is 44.0 Å². The molecule has 3 aromatic rings. The number of hydrogen-bond acceptors (Lipinski definition) is 7. The van der Waals surface area contributed by atoms with Gasteiger partial charge in [-0.05, 0) is 45.2 Å². The third kappa shape index (κ3) is 5.26. The van der Waals surface area contributed by atoms with E-state index in [0.29, 0.717) is 28.1 Å². The number of hydrogen-bond donors (Lipinski definition) is 1. The molecule has 0 unspecified atom stereocenters. The predicted molar refractivity (Wildman–Crippen MR) is 136 cm³/mol. The number of methoxy groups -OCH3 is 1. The van der Waals surface area contributed by atoms with Crippen LogP contribution < -0.4 is 10.1 Å². The summed E-state index contributed by atoms with van der Waals surface area (Å²) in [4.78, 5) is 14.3. The Morgan fingerprint density at radius 2 is 1.94 bits per heavy atom. The molecule has 4 rings (SSSR count). The minimum absolute atomic E-state index is 0.247.